The lowest BCUT2D eigenvalue weighted by Gasteiger charge is -2.12. The molecule has 0 spiro atoms. The molecule has 0 aliphatic heterocycles. The summed E-state index contributed by atoms with van der Waals surface area (Å²) in [5, 5.41) is 12.5. The summed E-state index contributed by atoms with van der Waals surface area (Å²) in [6.45, 7) is 1.45. The van der Waals surface area contributed by atoms with Crippen molar-refractivity contribution in [3.05, 3.63) is 64.9 Å². The first-order chi connectivity index (χ1) is 15.9. The molecule has 4 rings (SSSR count). The number of amides is 3. The first-order valence-electron chi connectivity index (χ1n) is 10.2. The van der Waals surface area contributed by atoms with Gasteiger partial charge in [0.25, 0.3) is 5.91 Å². The third-order valence-corrected chi connectivity index (χ3v) is 5.96. The van der Waals surface area contributed by atoms with E-state index >= 15 is 0 Å². The predicted octanol–water partition coefficient (Wildman–Crippen LogP) is 3.31. The number of carbonyl (C=O) groups excluding carboxylic acids is 3. The lowest BCUT2D eigenvalue weighted by Crippen LogP contribution is -2.42. The van der Waals surface area contributed by atoms with Crippen LogP contribution in [-0.2, 0) is 9.59 Å². The molecule has 0 bridgehead atoms. The van der Waals surface area contributed by atoms with Gasteiger partial charge in [-0.25, -0.2) is 0 Å². The highest BCUT2D eigenvalue weighted by molar-refractivity contribution is 7.99. The maximum absolute atomic E-state index is 12.3. The first kappa shape index (κ1) is 22.8. The van der Waals surface area contributed by atoms with E-state index < -0.39 is 11.8 Å². The topological polar surface area (TPSA) is 118 Å². The molecule has 11 heteroatoms. The molecule has 1 aliphatic rings. The van der Waals surface area contributed by atoms with Crippen LogP contribution in [0, 0.1) is 0 Å². The number of benzene rings is 2. The van der Waals surface area contributed by atoms with Gasteiger partial charge in [-0.2, -0.15) is 0 Å². The number of thioether (sulfide) groups is 1. The van der Waals surface area contributed by atoms with Crippen LogP contribution in [0.15, 0.2) is 53.7 Å². The van der Waals surface area contributed by atoms with Crippen molar-refractivity contribution in [1.82, 2.24) is 25.6 Å². The number of hydrazine groups is 1. The Hall–Kier alpha value is -3.37. The minimum absolute atomic E-state index is 0.0229. The molecule has 3 aromatic rings. The second kappa shape index (κ2) is 10.1. The van der Waals surface area contributed by atoms with E-state index in [2.05, 4.69) is 26.4 Å². The number of hydrogen-bond donors (Lipinski definition) is 3. The van der Waals surface area contributed by atoms with Crippen molar-refractivity contribution < 1.29 is 14.4 Å². The highest BCUT2D eigenvalue weighted by Gasteiger charge is 2.31. The Bertz CT molecular complexity index is 1190. The van der Waals surface area contributed by atoms with E-state index in [0.29, 0.717) is 27.3 Å². The van der Waals surface area contributed by atoms with Crippen molar-refractivity contribution in [2.75, 3.05) is 11.1 Å². The minimum Gasteiger partial charge on any atom is -0.326 e. The lowest BCUT2D eigenvalue weighted by molar-refractivity contribution is -0.119. The maximum atomic E-state index is 12.3. The first-order valence-corrected chi connectivity index (χ1v) is 11.6. The smallest absolute Gasteiger partial charge is 0.269 e. The van der Waals surface area contributed by atoms with Gasteiger partial charge in [-0.15, -0.1) is 10.2 Å². The van der Waals surface area contributed by atoms with Crippen molar-refractivity contribution in [2.45, 2.75) is 30.8 Å². The Balaban J connectivity index is 1.42. The highest BCUT2D eigenvalue weighted by atomic mass is 35.5. The normalized spacial score (nSPS) is 12.8. The Morgan fingerprint density at radius 2 is 1.85 bits per heavy atom. The number of carbonyl (C=O) groups is 3. The fourth-order valence-corrected chi connectivity index (χ4v) is 4.00. The number of nitrogens with one attached hydrogen (secondary N) is 3. The quantitative estimate of drug-likeness (QED) is 0.350. The van der Waals surface area contributed by atoms with Crippen LogP contribution < -0.4 is 16.2 Å². The van der Waals surface area contributed by atoms with Crippen LogP contribution in [0.1, 0.15) is 41.9 Å². The Kier molecular flexibility index (Phi) is 6.95. The molecule has 9 nitrogen and oxygen atoms in total. The van der Waals surface area contributed by atoms with Gasteiger partial charge in [0.05, 0.1) is 11.4 Å². The van der Waals surface area contributed by atoms with E-state index in [0.717, 1.165) is 24.4 Å². The molecule has 0 atom stereocenters. The van der Waals surface area contributed by atoms with E-state index in [4.69, 9.17) is 11.6 Å². The van der Waals surface area contributed by atoms with Gasteiger partial charge in [-0.05, 0) is 55.3 Å². The monoisotopic (exact) mass is 484 g/mol. The van der Waals surface area contributed by atoms with E-state index in [-0.39, 0.29) is 11.7 Å². The van der Waals surface area contributed by atoms with Crippen LogP contribution in [-0.4, -0.2) is 38.2 Å². The molecule has 0 unspecified atom stereocenters. The van der Waals surface area contributed by atoms with E-state index in [1.807, 2.05) is 22.8 Å². The molecular formula is C22H21ClN6O3S. The van der Waals surface area contributed by atoms with Gasteiger partial charge in [0, 0.05) is 29.1 Å². The molecule has 3 amide bonds. The van der Waals surface area contributed by atoms with Crippen LogP contribution in [0.5, 0.6) is 0 Å². The van der Waals surface area contributed by atoms with Crippen molar-refractivity contribution in [2.24, 2.45) is 0 Å². The van der Waals surface area contributed by atoms with Gasteiger partial charge in [0.2, 0.25) is 11.8 Å². The van der Waals surface area contributed by atoms with Crippen molar-refractivity contribution in [1.29, 1.82) is 0 Å². The number of anilines is 1. The average molecular weight is 485 g/mol. The number of halogens is 1. The molecule has 33 heavy (non-hydrogen) atoms. The summed E-state index contributed by atoms with van der Waals surface area (Å²) in [7, 11) is 0. The molecule has 3 N–H and O–H groups in total. The number of nitrogens with zero attached hydrogens (tertiary/aromatic N) is 3. The summed E-state index contributed by atoms with van der Waals surface area (Å²) < 4.78 is 1.91. The van der Waals surface area contributed by atoms with Gasteiger partial charge in [-0.3, -0.25) is 29.8 Å². The zero-order valence-corrected chi connectivity index (χ0v) is 19.2. The van der Waals surface area contributed by atoms with E-state index in [1.54, 1.807) is 30.3 Å². The summed E-state index contributed by atoms with van der Waals surface area (Å²) >= 11 is 7.03. The van der Waals surface area contributed by atoms with Gasteiger partial charge in [0.1, 0.15) is 5.82 Å². The van der Waals surface area contributed by atoms with Gasteiger partial charge in [-0.1, -0.05) is 29.4 Å². The highest BCUT2D eigenvalue weighted by Crippen LogP contribution is 2.41. The van der Waals surface area contributed by atoms with Crippen LogP contribution in [0.4, 0.5) is 5.69 Å². The summed E-state index contributed by atoms with van der Waals surface area (Å²) in [6.07, 6.45) is 2.07. The molecule has 1 aromatic heterocycles. The number of aromatic nitrogens is 3. The predicted molar refractivity (Wildman–Crippen MR) is 125 cm³/mol. The van der Waals surface area contributed by atoms with Gasteiger partial charge in [0.15, 0.2) is 5.16 Å². The summed E-state index contributed by atoms with van der Waals surface area (Å²) in [5.41, 5.74) is 6.62. The molecule has 1 aliphatic carbocycles. The van der Waals surface area contributed by atoms with E-state index in [9.17, 15) is 14.4 Å². The third kappa shape index (κ3) is 5.91. The van der Waals surface area contributed by atoms with Crippen LogP contribution in [0.3, 0.4) is 0 Å². The molecule has 2 aromatic carbocycles. The van der Waals surface area contributed by atoms with Crippen molar-refractivity contribution in [3.63, 3.8) is 0 Å². The Morgan fingerprint density at radius 3 is 2.55 bits per heavy atom. The van der Waals surface area contributed by atoms with Crippen LogP contribution in [0.25, 0.3) is 5.69 Å². The fourth-order valence-electron chi connectivity index (χ4n) is 3.12. The minimum atomic E-state index is -0.445. The number of hydrogen-bond acceptors (Lipinski definition) is 6. The second-order valence-corrected chi connectivity index (χ2v) is 8.86. The summed E-state index contributed by atoms with van der Waals surface area (Å²) in [5.74, 6) is 0.175. The van der Waals surface area contributed by atoms with Gasteiger partial charge >= 0.3 is 0 Å². The summed E-state index contributed by atoms with van der Waals surface area (Å²) in [6, 6.07) is 13.7. The van der Waals surface area contributed by atoms with E-state index in [1.165, 1.54) is 18.7 Å². The van der Waals surface area contributed by atoms with Crippen LogP contribution >= 0.6 is 23.4 Å². The second-order valence-electron chi connectivity index (χ2n) is 7.48. The summed E-state index contributed by atoms with van der Waals surface area (Å²) in [4.78, 5) is 35.9. The van der Waals surface area contributed by atoms with Crippen molar-refractivity contribution >= 4 is 46.8 Å². The standard InChI is InChI=1S/C22H21ClN6O3S/c1-13(30)24-17-3-2-4-18(11-17)29-20(14-5-6-14)26-28-22(29)33-12-19(31)25-27-21(32)15-7-9-16(23)10-8-15/h2-4,7-11,14H,5-6,12H2,1H3,(H,24,30)(H,25,31)(H,27,32). The average Bonchev–Trinajstić information content (AvgIpc) is 3.55. The largest absolute Gasteiger partial charge is 0.326 e. The molecule has 1 saturated carbocycles. The molecule has 0 radical (unpaired) electrons. The zero-order valence-electron chi connectivity index (χ0n) is 17.7. The molecule has 170 valence electrons. The molecule has 0 saturated heterocycles. The lowest BCUT2D eigenvalue weighted by atomic mass is 10.2. The van der Waals surface area contributed by atoms with Gasteiger partial charge < -0.3 is 5.32 Å². The molecule has 1 heterocycles. The number of rotatable bonds is 7. The molecular weight excluding hydrogens is 464 g/mol. The maximum Gasteiger partial charge on any atom is 0.269 e. The fraction of sp³-hybridized carbons (Fsp3) is 0.227. The molecule has 1 fully saturated rings. The zero-order chi connectivity index (χ0) is 23.4. The van der Waals surface area contributed by atoms with Crippen LogP contribution in [0.2, 0.25) is 5.02 Å². The SMILES string of the molecule is CC(=O)Nc1cccc(-n2c(SCC(=O)NNC(=O)c3ccc(Cl)cc3)nnc2C2CC2)c1. The third-order valence-electron chi connectivity index (χ3n) is 4.78. The Labute approximate surface area is 199 Å². The van der Waals surface area contributed by atoms with Crippen molar-refractivity contribution in [3.8, 4) is 5.69 Å². The Morgan fingerprint density at radius 1 is 1.09 bits per heavy atom.